The van der Waals surface area contributed by atoms with Crippen molar-refractivity contribution in [3.8, 4) is 0 Å². The van der Waals surface area contributed by atoms with Crippen LogP contribution >= 0.6 is 12.6 Å². The molecule has 0 amide bonds. The number of ether oxygens (including phenoxy) is 1. The summed E-state index contributed by atoms with van der Waals surface area (Å²) in [7, 11) is 0. The summed E-state index contributed by atoms with van der Waals surface area (Å²) in [6.07, 6.45) is 0.689. The Balaban J connectivity index is 1.83. The summed E-state index contributed by atoms with van der Waals surface area (Å²) < 4.78 is 37.7. The minimum Gasteiger partial charge on any atom is -0.449 e. The number of aliphatic hydroxyl groups excluding tert-OH is 1. The quantitative estimate of drug-likeness (QED) is 0.505. The molecular formula is C23H28F2O5S. The Morgan fingerprint density at radius 1 is 1.32 bits per heavy atom. The monoisotopic (exact) mass is 454 g/mol. The Hall–Kier alpha value is -1.54. The van der Waals surface area contributed by atoms with Gasteiger partial charge in [-0.1, -0.05) is 26.8 Å². The molecule has 31 heavy (non-hydrogen) atoms. The second-order valence-electron chi connectivity index (χ2n) is 9.77. The Kier molecular flexibility index (Phi) is 5.29. The van der Waals surface area contributed by atoms with Crippen LogP contribution in [0.1, 0.15) is 46.5 Å². The van der Waals surface area contributed by atoms with Crippen molar-refractivity contribution < 1.29 is 33.0 Å². The third-order valence-electron chi connectivity index (χ3n) is 8.45. The second kappa shape index (κ2) is 7.24. The standard InChI is InChI=1S/C23H28F2O5S/c1-4-19(28)30-23(20(29)31)11(2)7-15-16-9-17(24)13-8-12(26)5-6-14(13)22(16,25)18(27)10-21(15,23)3/h5-6,8,11,14-18,27H,4,7,9-10H2,1-3H3,(H,29,31)/t11-,14+,15+,16+,17+,18-,21+,22+,23+/m1/s1. The normalized spacial score (nSPS) is 48.4. The highest BCUT2D eigenvalue weighted by Gasteiger charge is 2.75. The Morgan fingerprint density at radius 2 is 2.00 bits per heavy atom. The molecule has 5 nitrogen and oxygen atoms in total. The van der Waals surface area contributed by atoms with Crippen molar-refractivity contribution in [3.63, 3.8) is 0 Å². The maximum Gasteiger partial charge on any atom is 0.306 e. The van der Waals surface area contributed by atoms with Crippen LogP contribution in [0.25, 0.3) is 0 Å². The lowest BCUT2D eigenvalue weighted by Crippen LogP contribution is -2.68. The Morgan fingerprint density at radius 3 is 2.61 bits per heavy atom. The molecule has 0 aliphatic heterocycles. The van der Waals surface area contributed by atoms with Crippen LogP contribution < -0.4 is 0 Å². The van der Waals surface area contributed by atoms with Gasteiger partial charge in [-0.2, -0.15) is 0 Å². The molecule has 0 saturated heterocycles. The number of esters is 1. The topological polar surface area (TPSA) is 80.7 Å². The molecule has 9 atom stereocenters. The van der Waals surface area contributed by atoms with E-state index in [-0.39, 0.29) is 24.8 Å². The molecule has 0 bridgehead atoms. The largest absolute Gasteiger partial charge is 0.449 e. The fourth-order valence-corrected chi connectivity index (χ4v) is 7.59. The predicted molar refractivity (Wildman–Crippen MR) is 112 cm³/mol. The summed E-state index contributed by atoms with van der Waals surface area (Å²) in [4.78, 5) is 36.9. The zero-order chi connectivity index (χ0) is 22.9. The van der Waals surface area contributed by atoms with Crippen molar-refractivity contribution in [3.05, 3.63) is 23.8 Å². The fraction of sp³-hybridized carbons (Fsp3) is 0.696. The first-order chi connectivity index (χ1) is 14.4. The molecule has 0 heterocycles. The van der Waals surface area contributed by atoms with Crippen molar-refractivity contribution in [2.45, 2.75) is 70.0 Å². The van der Waals surface area contributed by atoms with E-state index >= 15 is 8.78 Å². The number of alkyl halides is 2. The van der Waals surface area contributed by atoms with Gasteiger partial charge in [0.05, 0.1) is 6.10 Å². The van der Waals surface area contributed by atoms with E-state index in [4.69, 9.17) is 4.74 Å². The number of carbonyl (C=O) groups excluding carboxylic acids is 3. The highest BCUT2D eigenvalue weighted by molar-refractivity contribution is 7.96. The van der Waals surface area contributed by atoms with Crippen molar-refractivity contribution in [1.29, 1.82) is 0 Å². The molecule has 0 aromatic heterocycles. The summed E-state index contributed by atoms with van der Waals surface area (Å²) in [5.41, 5.74) is -4.85. The van der Waals surface area contributed by atoms with Crippen LogP contribution in [0.5, 0.6) is 0 Å². The number of rotatable bonds is 3. The smallest absolute Gasteiger partial charge is 0.306 e. The van der Waals surface area contributed by atoms with E-state index < -0.39 is 69.5 Å². The van der Waals surface area contributed by atoms with Crippen LogP contribution in [-0.2, 0) is 19.1 Å². The second-order valence-corrected chi connectivity index (χ2v) is 10.2. The molecule has 4 aliphatic carbocycles. The molecule has 0 spiro atoms. The molecule has 0 unspecified atom stereocenters. The van der Waals surface area contributed by atoms with Gasteiger partial charge in [0.25, 0.3) is 0 Å². The van der Waals surface area contributed by atoms with E-state index in [0.29, 0.717) is 6.42 Å². The lowest BCUT2D eigenvalue weighted by Gasteiger charge is -2.59. The van der Waals surface area contributed by atoms with Gasteiger partial charge in [-0.25, -0.2) is 8.78 Å². The number of halogens is 2. The van der Waals surface area contributed by atoms with Crippen molar-refractivity contribution in [1.82, 2.24) is 0 Å². The lowest BCUT2D eigenvalue weighted by atomic mass is 9.48. The number of thiol groups is 1. The third kappa shape index (κ3) is 2.79. The van der Waals surface area contributed by atoms with Gasteiger partial charge < -0.3 is 9.84 Å². The number of allylic oxidation sites excluding steroid dienone is 4. The van der Waals surface area contributed by atoms with E-state index in [2.05, 4.69) is 12.6 Å². The van der Waals surface area contributed by atoms with Crippen LogP contribution in [-0.4, -0.2) is 45.5 Å². The SMILES string of the molecule is CCC(=O)O[C@]1(C(=O)S)[C@H](C)C[C@H]2[C@@H]3C[C@H](F)C4=CC(=O)C=C[C@@H]4[C@@]3(F)[C@H](O)C[C@@]21C. The molecule has 4 rings (SSSR count). The van der Waals surface area contributed by atoms with Gasteiger partial charge >= 0.3 is 5.97 Å². The van der Waals surface area contributed by atoms with E-state index in [1.165, 1.54) is 12.2 Å². The van der Waals surface area contributed by atoms with Crippen LogP contribution in [0.2, 0.25) is 0 Å². The number of carbonyl (C=O) groups is 3. The number of hydrogen-bond acceptors (Lipinski definition) is 5. The van der Waals surface area contributed by atoms with Crippen LogP contribution in [0.4, 0.5) is 8.78 Å². The van der Waals surface area contributed by atoms with E-state index in [0.717, 1.165) is 6.08 Å². The average Bonchev–Trinajstić information content (AvgIpc) is 2.92. The zero-order valence-electron chi connectivity index (χ0n) is 17.8. The van der Waals surface area contributed by atoms with Crippen molar-refractivity contribution in [2.75, 3.05) is 0 Å². The highest BCUT2D eigenvalue weighted by Crippen LogP contribution is 2.69. The fourth-order valence-electron chi connectivity index (χ4n) is 7.07. The molecular weight excluding hydrogens is 426 g/mol. The molecule has 3 saturated carbocycles. The van der Waals surface area contributed by atoms with E-state index in [1.54, 1.807) is 20.8 Å². The minimum absolute atomic E-state index is 0.0525. The number of hydrogen-bond donors (Lipinski definition) is 2. The Labute approximate surface area is 185 Å². The summed E-state index contributed by atoms with van der Waals surface area (Å²) in [6.45, 7) is 5.09. The molecule has 0 aromatic rings. The molecule has 0 radical (unpaired) electrons. The zero-order valence-corrected chi connectivity index (χ0v) is 18.7. The number of fused-ring (bicyclic) bond motifs is 5. The van der Waals surface area contributed by atoms with E-state index in [1.807, 2.05) is 0 Å². The summed E-state index contributed by atoms with van der Waals surface area (Å²) in [5.74, 6) is -3.92. The third-order valence-corrected chi connectivity index (χ3v) is 8.78. The first-order valence-electron chi connectivity index (χ1n) is 10.8. The maximum atomic E-state index is 16.7. The summed E-state index contributed by atoms with van der Waals surface area (Å²) >= 11 is 4.07. The van der Waals surface area contributed by atoms with Crippen molar-refractivity contribution in [2.24, 2.45) is 29.1 Å². The van der Waals surface area contributed by atoms with Crippen LogP contribution in [0, 0.1) is 29.1 Å². The molecule has 1 N–H and O–H groups in total. The number of ketones is 1. The molecule has 8 heteroatoms. The lowest BCUT2D eigenvalue weighted by molar-refractivity contribution is -0.217. The predicted octanol–water partition coefficient (Wildman–Crippen LogP) is 3.31. The van der Waals surface area contributed by atoms with Gasteiger partial charge in [0.2, 0.25) is 5.12 Å². The molecule has 3 fully saturated rings. The first-order valence-corrected chi connectivity index (χ1v) is 11.3. The maximum absolute atomic E-state index is 16.7. The Bertz CT molecular complexity index is 902. The highest BCUT2D eigenvalue weighted by atomic mass is 32.1. The molecule has 4 aliphatic rings. The van der Waals surface area contributed by atoms with Gasteiger partial charge in [-0.3, -0.25) is 14.4 Å². The summed E-state index contributed by atoms with van der Waals surface area (Å²) in [5, 5.41) is 10.5. The molecule has 0 aromatic carbocycles. The number of aliphatic hydroxyl groups is 1. The van der Waals surface area contributed by atoms with Crippen molar-refractivity contribution >= 4 is 29.5 Å². The van der Waals surface area contributed by atoms with Gasteiger partial charge in [0, 0.05) is 29.6 Å². The van der Waals surface area contributed by atoms with Gasteiger partial charge in [-0.05, 0) is 42.9 Å². The minimum atomic E-state index is -2.18. The first kappa shape index (κ1) is 22.6. The summed E-state index contributed by atoms with van der Waals surface area (Å²) in [6, 6.07) is 0. The van der Waals surface area contributed by atoms with Gasteiger partial charge in [-0.15, -0.1) is 12.6 Å². The van der Waals surface area contributed by atoms with Crippen LogP contribution in [0.3, 0.4) is 0 Å². The van der Waals surface area contributed by atoms with Gasteiger partial charge in [0.15, 0.2) is 11.4 Å². The van der Waals surface area contributed by atoms with Crippen LogP contribution in [0.15, 0.2) is 23.8 Å². The average molecular weight is 455 g/mol. The van der Waals surface area contributed by atoms with Gasteiger partial charge in [0.1, 0.15) is 11.8 Å². The molecule has 170 valence electrons. The van der Waals surface area contributed by atoms with E-state index in [9.17, 15) is 19.5 Å².